The van der Waals surface area contributed by atoms with Crippen molar-refractivity contribution in [3.05, 3.63) is 54.0 Å². The molecule has 1 N–H and O–H groups in total. The summed E-state index contributed by atoms with van der Waals surface area (Å²) in [4.78, 5) is 0. The minimum absolute atomic E-state index is 0.192. The summed E-state index contributed by atoms with van der Waals surface area (Å²) >= 11 is 0. The van der Waals surface area contributed by atoms with Crippen LogP contribution in [0.4, 0.5) is 8.78 Å². The molecule has 0 aliphatic rings. The summed E-state index contributed by atoms with van der Waals surface area (Å²) in [7, 11) is 0. The monoisotopic (exact) mass is 253 g/mol. The van der Waals surface area contributed by atoms with E-state index in [1.54, 1.807) is 12.5 Å². The normalized spacial score (nSPS) is 10.6. The van der Waals surface area contributed by atoms with E-state index in [9.17, 15) is 8.78 Å². The highest BCUT2D eigenvalue weighted by Crippen LogP contribution is 2.14. The second-order valence-corrected chi connectivity index (χ2v) is 3.76. The van der Waals surface area contributed by atoms with Gasteiger partial charge in [0.1, 0.15) is 24.0 Å². The molecule has 2 aromatic rings. The second kappa shape index (κ2) is 6.16. The van der Waals surface area contributed by atoms with Gasteiger partial charge in [-0.25, -0.2) is 8.78 Å². The maximum atomic E-state index is 12.8. The molecule has 5 heteroatoms. The molecule has 0 bridgehead atoms. The molecule has 0 unspecified atom stereocenters. The lowest BCUT2D eigenvalue weighted by Crippen LogP contribution is -2.20. The van der Waals surface area contributed by atoms with Crippen molar-refractivity contribution in [1.82, 2.24) is 5.32 Å². The number of furan rings is 1. The van der Waals surface area contributed by atoms with Crippen molar-refractivity contribution in [2.45, 2.75) is 6.54 Å². The van der Waals surface area contributed by atoms with Gasteiger partial charge in [-0.05, 0) is 6.07 Å². The Hall–Kier alpha value is -1.88. The van der Waals surface area contributed by atoms with E-state index >= 15 is 0 Å². The van der Waals surface area contributed by atoms with Gasteiger partial charge in [-0.2, -0.15) is 0 Å². The Bertz CT molecular complexity index is 465. The van der Waals surface area contributed by atoms with Gasteiger partial charge in [-0.3, -0.25) is 0 Å². The topological polar surface area (TPSA) is 34.4 Å². The molecule has 0 saturated carbocycles. The van der Waals surface area contributed by atoms with E-state index in [0.717, 1.165) is 23.8 Å². The number of benzene rings is 1. The molecule has 2 rings (SSSR count). The molecule has 1 heterocycles. The summed E-state index contributed by atoms with van der Waals surface area (Å²) in [5.74, 6) is -1.09. The summed E-state index contributed by atoms with van der Waals surface area (Å²) in [6, 6.07) is 4.97. The minimum atomic E-state index is -0.642. The Morgan fingerprint density at radius 1 is 1.17 bits per heavy atom. The Morgan fingerprint density at radius 3 is 2.61 bits per heavy atom. The molecule has 0 aliphatic carbocycles. The molecule has 0 spiro atoms. The first-order chi connectivity index (χ1) is 8.74. The van der Waals surface area contributed by atoms with Gasteiger partial charge in [0.2, 0.25) is 0 Å². The number of hydrogen-bond donors (Lipinski definition) is 1. The van der Waals surface area contributed by atoms with E-state index in [-0.39, 0.29) is 5.75 Å². The maximum Gasteiger partial charge on any atom is 0.129 e. The lowest BCUT2D eigenvalue weighted by atomic mass is 10.3. The summed E-state index contributed by atoms with van der Waals surface area (Å²) in [5, 5.41) is 3.11. The Balaban J connectivity index is 1.68. The van der Waals surface area contributed by atoms with Crippen molar-refractivity contribution in [2.24, 2.45) is 0 Å². The Labute approximate surface area is 103 Å². The van der Waals surface area contributed by atoms with Crippen LogP contribution >= 0.6 is 0 Å². The molecule has 96 valence electrons. The standard InChI is InChI=1S/C13H13F2NO2/c14-11-5-12(15)7-13(6-11)18-4-2-16-8-10-1-3-17-9-10/h1,3,5-7,9,16H,2,4,8H2. The smallest absolute Gasteiger partial charge is 0.129 e. The van der Waals surface area contributed by atoms with Gasteiger partial charge in [-0.1, -0.05) is 0 Å². The van der Waals surface area contributed by atoms with Crippen molar-refractivity contribution in [3.63, 3.8) is 0 Å². The summed E-state index contributed by atoms with van der Waals surface area (Å²) in [6.07, 6.45) is 3.25. The Kier molecular flexibility index (Phi) is 4.30. The van der Waals surface area contributed by atoms with Crippen LogP contribution < -0.4 is 10.1 Å². The quantitative estimate of drug-likeness (QED) is 0.804. The molecule has 1 aromatic carbocycles. The third-order valence-electron chi connectivity index (χ3n) is 2.29. The van der Waals surface area contributed by atoms with Crippen LogP contribution in [0.25, 0.3) is 0 Å². The predicted octanol–water partition coefficient (Wildman–Crippen LogP) is 2.73. The van der Waals surface area contributed by atoms with Gasteiger partial charge in [0.05, 0.1) is 12.5 Å². The van der Waals surface area contributed by atoms with E-state index in [1.165, 1.54) is 0 Å². The third-order valence-corrected chi connectivity index (χ3v) is 2.29. The molecule has 18 heavy (non-hydrogen) atoms. The molecule has 0 fully saturated rings. The van der Waals surface area contributed by atoms with Crippen molar-refractivity contribution in [2.75, 3.05) is 13.2 Å². The largest absolute Gasteiger partial charge is 0.492 e. The number of rotatable bonds is 6. The lowest BCUT2D eigenvalue weighted by Gasteiger charge is -2.07. The average molecular weight is 253 g/mol. The summed E-state index contributed by atoms with van der Waals surface area (Å²) in [6.45, 7) is 1.57. The van der Waals surface area contributed by atoms with Crippen LogP contribution in [-0.4, -0.2) is 13.2 Å². The molecule has 0 amide bonds. The molecule has 1 aromatic heterocycles. The fourth-order valence-corrected chi connectivity index (χ4v) is 1.48. The molecular formula is C13H13F2NO2. The zero-order chi connectivity index (χ0) is 12.8. The molecule has 0 aliphatic heterocycles. The number of nitrogens with one attached hydrogen (secondary N) is 1. The van der Waals surface area contributed by atoms with Gasteiger partial charge in [0.25, 0.3) is 0 Å². The van der Waals surface area contributed by atoms with Crippen molar-refractivity contribution < 1.29 is 17.9 Å². The highest BCUT2D eigenvalue weighted by Gasteiger charge is 2.01. The number of hydrogen-bond acceptors (Lipinski definition) is 3. The predicted molar refractivity (Wildman–Crippen MR) is 62.3 cm³/mol. The SMILES string of the molecule is Fc1cc(F)cc(OCCNCc2ccoc2)c1. The first-order valence-corrected chi connectivity index (χ1v) is 5.55. The van der Waals surface area contributed by atoms with E-state index in [2.05, 4.69) is 5.32 Å². The molecule has 0 radical (unpaired) electrons. The van der Waals surface area contributed by atoms with E-state index in [4.69, 9.17) is 9.15 Å². The van der Waals surface area contributed by atoms with Gasteiger partial charge in [0.15, 0.2) is 0 Å². The first-order valence-electron chi connectivity index (χ1n) is 5.55. The first kappa shape index (κ1) is 12.6. The minimum Gasteiger partial charge on any atom is -0.492 e. The van der Waals surface area contributed by atoms with Gasteiger partial charge < -0.3 is 14.5 Å². The average Bonchev–Trinajstić information content (AvgIpc) is 2.80. The zero-order valence-corrected chi connectivity index (χ0v) is 9.66. The van der Waals surface area contributed by atoms with Crippen molar-refractivity contribution in [3.8, 4) is 5.75 Å². The molecule has 0 saturated heterocycles. The fraction of sp³-hybridized carbons (Fsp3) is 0.231. The highest BCUT2D eigenvalue weighted by molar-refractivity contribution is 5.23. The lowest BCUT2D eigenvalue weighted by molar-refractivity contribution is 0.310. The van der Waals surface area contributed by atoms with Gasteiger partial charge >= 0.3 is 0 Å². The number of halogens is 2. The molecular weight excluding hydrogens is 240 g/mol. The highest BCUT2D eigenvalue weighted by atomic mass is 19.1. The zero-order valence-electron chi connectivity index (χ0n) is 9.66. The molecule has 3 nitrogen and oxygen atoms in total. The van der Waals surface area contributed by atoms with Crippen molar-refractivity contribution in [1.29, 1.82) is 0 Å². The van der Waals surface area contributed by atoms with Crippen LogP contribution in [0.3, 0.4) is 0 Å². The van der Waals surface area contributed by atoms with E-state index in [1.807, 2.05) is 6.07 Å². The van der Waals surface area contributed by atoms with Gasteiger partial charge in [0, 0.05) is 36.9 Å². The fourth-order valence-electron chi connectivity index (χ4n) is 1.48. The van der Waals surface area contributed by atoms with Crippen LogP contribution in [0.1, 0.15) is 5.56 Å². The van der Waals surface area contributed by atoms with Crippen LogP contribution in [0, 0.1) is 11.6 Å². The van der Waals surface area contributed by atoms with Crippen LogP contribution in [0.5, 0.6) is 5.75 Å². The number of ether oxygens (including phenoxy) is 1. The van der Waals surface area contributed by atoms with Crippen LogP contribution in [0.2, 0.25) is 0 Å². The maximum absolute atomic E-state index is 12.8. The summed E-state index contributed by atoms with van der Waals surface area (Å²) < 4.78 is 35.8. The van der Waals surface area contributed by atoms with E-state index in [0.29, 0.717) is 19.7 Å². The van der Waals surface area contributed by atoms with Crippen molar-refractivity contribution >= 4 is 0 Å². The second-order valence-electron chi connectivity index (χ2n) is 3.76. The molecule has 0 atom stereocenters. The van der Waals surface area contributed by atoms with Crippen LogP contribution in [-0.2, 0) is 6.54 Å². The van der Waals surface area contributed by atoms with Gasteiger partial charge in [-0.15, -0.1) is 0 Å². The summed E-state index contributed by atoms with van der Waals surface area (Å²) in [5.41, 5.74) is 1.03. The van der Waals surface area contributed by atoms with E-state index < -0.39 is 11.6 Å². The Morgan fingerprint density at radius 2 is 1.94 bits per heavy atom. The van der Waals surface area contributed by atoms with Crippen LogP contribution in [0.15, 0.2) is 41.2 Å². The third kappa shape index (κ3) is 3.85.